The van der Waals surface area contributed by atoms with Crippen LogP contribution in [0.25, 0.3) is 0 Å². The van der Waals surface area contributed by atoms with Crippen LogP contribution in [0.3, 0.4) is 0 Å². The molecule has 1 fully saturated rings. The Kier molecular flexibility index (Phi) is 6.53. The maximum Gasteiger partial charge on any atom is 0.407 e. The van der Waals surface area contributed by atoms with Crippen molar-refractivity contribution in [1.82, 2.24) is 14.8 Å². The maximum absolute atomic E-state index is 12.7. The lowest BCUT2D eigenvalue weighted by Crippen LogP contribution is -2.55. The maximum atomic E-state index is 12.7. The summed E-state index contributed by atoms with van der Waals surface area (Å²) in [6, 6.07) is 4.38. The van der Waals surface area contributed by atoms with E-state index in [1.165, 1.54) is 11.0 Å². The van der Waals surface area contributed by atoms with Crippen molar-refractivity contribution in [2.75, 3.05) is 24.4 Å². The Labute approximate surface area is 183 Å². The Morgan fingerprint density at radius 2 is 2.10 bits per heavy atom. The summed E-state index contributed by atoms with van der Waals surface area (Å²) in [6.07, 6.45) is -0.994. The van der Waals surface area contributed by atoms with Crippen LogP contribution in [0.2, 0.25) is 5.02 Å². The summed E-state index contributed by atoms with van der Waals surface area (Å²) in [7, 11) is -3.87. The first-order valence-electron chi connectivity index (χ1n) is 9.08. The summed E-state index contributed by atoms with van der Waals surface area (Å²) in [4.78, 5) is 30.9. The van der Waals surface area contributed by atoms with Crippen molar-refractivity contribution < 1.29 is 23.1 Å². The number of aromatic nitrogens is 1. The lowest BCUT2D eigenvalue weighted by molar-refractivity contribution is -0.134. The zero-order valence-electron chi connectivity index (χ0n) is 16.3. The molecule has 2 aromatic rings. The standard InChI is InChI=1S/C18H21ClN4O5S2/c1-11-9-22(18(25)26)6-7-23(11)16(24)8-13-10-29-17(20-13)21-30(27,28)15-5-3-4-14(19)12(15)2/h3-5,10-11H,6-9H2,1-2H3,(H,20,21)(H,25,26)/t11-/m1/s1. The second-order valence-electron chi connectivity index (χ2n) is 6.95. The molecule has 162 valence electrons. The number of carboxylic acid groups (broad SMARTS) is 1. The van der Waals surface area contributed by atoms with Crippen LogP contribution in [0.4, 0.5) is 9.93 Å². The van der Waals surface area contributed by atoms with Crippen LogP contribution in [-0.4, -0.2) is 66.0 Å². The minimum atomic E-state index is -3.87. The molecular formula is C18H21ClN4O5S2. The molecule has 0 saturated carbocycles. The van der Waals surface area contributed by atoms with E-state index in [0.29, 0.717) is 22.8 Å². The number of amides is 2. The first-order chi connectivity index (χ1) is 14.1. The quantitative estimate of drug-likeness (QED) is 0.690. The van der Waals surface area contributed by atoms with E-state index in [1.807, 2.05) is 0 Å². The molecule has 0 bridgehead atoms. The van der Waals surface area contributed by atoms with E-state index in [2.05, 4.69) is 9.71 Å². The van der Waals surface area contributed by atoms with Gasteiger partial charge in [0.2, 0.25) is 5.91 Å². The van der Waals surface area contributed by atoms with Gasteiger partial charge in [-0.15, -0.1) is 11.3 Å². The Bertz CT molecular complexity index is 1070. The van der Waals surface area contributed by atoms with Gasteiger partial charge in [0.1, 0.15) is 0 Å². The van der Waals surface area contributed by atoms with Crippen LogP contribution in [0.1, 0.15) is 18.2 Å². The number of hydrogen-bond acceptors (Lipinski definition) is 6. The summed E-state index contributed by atoms with van der Waals surface area (Å²) >= 11 is 7.10. The van der Waals surface area contributed by atoms with Gasteiger partial charge in [-0.25, -0.2) is 18.2 Å². The largest absolute Gasteiger partial charge is 0.465 e. The number of anilines is 1. The van der Waals surface area contributed by atoms with Crippen molar-refractivity contribution in [3.05, 3.63) is 39.9 Å². The van der Waals surface area contributed by atoms with Crippen LogP contribution in [0.5, 0.6) is 0 Å². The van der Waals surface area contributed by atoms with Gasteiger partial charge in [0.15, 0.2) is 5.13 Å². The van der Waals surface area contributed by atoms with E-state index >= 15 is 0 Å². The van der Waals surface area contributed by atoms with Crippen molar-refractivity contribution in [3.8, 4) is 0 Å². The molecule has 1 aliphatic heterocycles. The molecular weight excluding hydrogens is 452 g/mol. The lowest BCUT2D eigenvalue weighted by atomic mass is 10.1. The number of halogens is 1. The predicted molar refractivity (Wildman–Crippen MR) is 114 cm³/mol. The fourth-order valence-electron chi connectivity index (χ4n) is 3.24. The van der Waals surface area contributed by atoms with E-state index in [-0.39, 0.29) is 41.5 Å². The van der Waals surface area contributed by atoms with Crippen molar-refractivity contribution in [2.24, 2.45) is 0 Å². The van der Waals surface area contributed by atoms with Crippen LogP contribution in [0, 0.1) is 6.92 Å². The van der Waals surface area contributed by atoms with Crippen molar-refractivity contribution in [2.45, 2.75) is 31.2 Å². The third kappa shape index (κ3) is 4.85. The molecule has 9 nitrogen and oxygen atoms in total. The highest BCUT2D eigenvalue weighted by molar-refractivity contribution is 7.93. The second-order valence-corrected chi connectivity index (χ2v) is 9.87. The van der Waals surface area contributed by atoms with Crippen LogP contribution in [0.15, 0.2) is 28.5 Å². The number of nitrogens with one attached hydrogen (secondary N) is 1. The number of hydrogen-bond donors (Lipinski definition) is 2. The highest BCUT2D eigenvalue weighted by Gasteiger charge is 2.30. The number of piperazine rings is 1. The van der Waals surface area contributed by atoms with Gasteiger partial charge in [-0.3, -0.25) is 9.52 Å². The Balaban J connectivity index is 1.66. The predicted octanol–water partition coefficient (Wildman–Crippen LogP) is 2.66. The Hall–Kier alpha value is -2.37. The van der Waals surface area contributed by atoms with Gasteiger partial charge in [-0.05, 0) is 31.5 Å². The Morgan fingerprint density at radius 1 is 1.37 bits per heavy atom. The van der Waals surface area contributed by atoms with Gasteiger partial charge in [-0.2, -0.15) is 0 Å². The van der Waals surface area contributed by atoms with Gasteiger partial charge in [0.25, 0.3) is 10.0 Å². The minimum Gasteiger partial charge on any atom is -0.465 e. The highest BCUT2D eigenvalue weighted by atomic mass is 35.5. The minimum absolute atomic E-state index is 0.00579. The third-order valence-electron chi connectivity index (χ3n) is 4.83. The lowest BCUT2D eigenvalue weighted by Gasteiger charge is -2.38. The molecule has 1 atom stereocenters. The first-order valence-corrected chi connectivity index (χ1v) is 11.8. The number of nitrogens with zero attached hydrogens (tertiary/aromatic N) is 3. The van der Waals surface area contributed by atoms with E-state index in [0.717, 1.165) is 11.3 Å². The molecule has 2 N–H and O–H groups in total. The van der Waals surface area contributed by atoms with Crippen LogP contribution in [-0.2, 0) is 21.2 Å². The number of sulfonamides is 1. The van der Waals surface area contributed by atoms with Crippen molar-refractivity contribution in [3.63, 3.8) is 0 Å². The first kappa shape index (κ1) is 22.3. The second kappa shape index (κ2) is 8.78. The number of carbonyl (C=O) groups excluding carboxylic acids is 1. The summed E-state index contributed by atoms with van der Waals surface area (Å²) in [5.41, 5.74) is 0.881. The fourth-order valence-corrected chi connectivity index (χ4v) is 5.70. The average molecular weight is 473 g/mol. The van der Waals surface area contributed by atoms with Crippen LogP contribution < -0.4 is 4.72 Å². The summed E-state index contributed by atoms with van der Waals surface area (Å²) in [5, 5.41) is 11.2. The molecule has 0 radical (unpaired) electrons. The van der Waals surface area contributed by atoms with E-state index in [4.69, 9.17) is 16.7 Å². The van der Waals surface area contributed by atoms with Gasteiger partial charge in [-0.1, -0.05) is 17.7 Å². The average Bonchev–Trinajstić information content (AvgIpc) is 3.09. The third-order valence-corrected chi connectivity index (χ3v) is 7.66. The van der Waals surface area contributed by atoms with Crippen LogP contribution >= 0.6 is 22.9 Å². The Morgan fingerprint density at radius 3 is 2.77 bits per heavy atom. The number of thiazole rings is 1. The zero-order chi connectivity index (χ0) is 22.1. The topological polar surface area (TPSA) is 120 Å². The molecule has 1 aliphatic rings. The monoisotopic (exact) mass is 472 g/mol. The number of benzene rings is 1. The van der Waals surface area contributed by atoms with Crippen molar-refractivity contribution >= 4 is 50.1 Å². The smallest absolute Gasteiger partial charge is 0.407 e. The highest BCUT2D eigenvalue weighted by Crippen LogP contribution is 2.26. The molecule has 1 aromatic carbocycles. The summed E-state index contributed by atoms with van der Waals surface area (Å²) in [6.45, 7) is 4.23. The zero-order valence-corrected chi connectivity index (χ0v) is 18.7. The summed E-state index contributed by atoms with van der Waals surface area (Å²) < 4.78 is 27.7. The van der Waals surface area contributed by atoms with E-state index < -0.39 is 16.1 Å². The van der Waals surface area contributed by atoms with Gasteiger partial charge in [0, 0.05) is 36.1 Å². The molecule has 1 saturated heterocycles. The molecule has 30 heavy (non-hydrogen) atoms. The molecule has 0 spiro atoms. The number of carbonyl (C=O) groups is 2. The van der Waals surface area contributed by atoms with Gasteiger partial charge in [0.05, 0.1) is 17.0 Å². The normalized spacial score (nSPS) is 17.1. The molecule has 12 heteroatoms. The molecule has 2 heterocycles. The molecule has 1 aromatic heterocycles. The van der Waals surface area contributed by atoms with E-state index in [9.17, 15) is 18.0 Å². The molecule has 3 rings (SSSR count). The molecule has 2 amide bonds. The van der Waals surface area contributed by atoms with Gasteiger partial charge >= 0.3 is 6.09 Å². The molecule has 0 aliphatic carbocycles. The van der Waals surface area contributed by atoms with Crippen molar-refractivity contribution in [1.29, 1.82) is 0 Å². The van der Waals surface area contributed by atoms with E-state index in [1.54, 1.807) is 36.3 Å². The SMILES string of the molecule is Cc1c(Cl)cccc1S(=O)(=O)Nc1nc(CC(=O)N2CCN(C(=O)O)C[C@H]2C)cs1. The number of rotatable bonds is 5. The summed E-state index contributed by atoms with van der Waals surface area (Å²) in [5.74, 6) is -0.182. The molecule has 0 unspecified atom stereocenters. The van der Waals surface area contributed by atoms with Gasteiger partial charge < -0.3 is 14.9 Å². The fraction of sp³-hybridized carbons (Fsp3) is 0.389.